The number of hydrogen-bond acceptors (Lipinski definition) is 2. The van der Waals surface area contributed by atoms with Crippen molar-refractivity contribution in [2.45, 2.75) is 12.8 Å². The minimum Gasteiger partial charge on any atom is -0.339 e. The summed E-state index contributed by atoms with van der Waals surface area (Å²) in [6.07, 6.45) is 1.18. The first-order valence-corrected chi connectivity index (χ1v) is 10.1. The van der Waals surface area contributed by atoms with Crippen molar-refractivity contribution >= 4 is 17.5 Å². The topological polar surface area (TPSA) is 49.4 Å². The molecule has 0 radical (unpaired) electrons. The fourth-order valence-corrected chi connectivity index (χ4v) is 3.77. The molecule has 5 heteroatoms. The van der Waals surface area contributed by atoms with Crippen LogP contribution in [-0.2, 0) is 4.79 Å². The summed E-state index contributed by atoms with van der Waals surface area (Å²) in [5, 5.41) is 2.77. The van der Waals surface area contributed by atoms with Crippen LogP contribution in [0.15, 0.2) is 78.9 Å². The van der Waals surface area contributed by atoms with Crippen molar-refractivity contribution in [2.24, 2.45) is 5.92 Å². The van der Waals surface area contributed by atoms with Gasteiger partial charge < -0.3 is 10.2 Å². The molecule has 1 heterocycles. The molecule has 0 aromatic heterocycles. The number of likely N-dealkylation sites (tertiary alicyclic amines) is 1. The molecule has 0 bridgehead atoms. The van der Waals surface area contributed by atoms with Crippen LogP contribution in [0.4, 0.5) is 10.1 Å². The molecule has 152 valence electrons. The highest BCUT2D eigenvalue weighted by Gasteiger charge is 2.28. The Morgan fingerprint density at radius 2 is 1.50 bits per heavy atom. The molecule has 1 saturated heterocycles. The maximum absolute atomic E-state index is 13.3. The number of piperidine rings is 1. The number of rotatable bonds is 4. The lowest BCUT2D eigenvalue weighted by Gasteiger charge is -2.31. The van der Waals surface area contributed by atoms with Crippen LogP contribution >= 0.6 is 0 Å². The summed E-state index contributed by atoms with van der Waals surface area (Å²) < 4.78 is 13.3. The first kappa shape index (κ1) is 19.8. The van der Waals surface area contributed by atoms with E-state index in [4.69, 9.17) is 0 Å². The molecule has 0 unspecified atom stereocenters. The number of anilines is 1. The highest BCUT2D eigenvalue weighted by atomic mass is 19.1. The first-order valence-electron chi connectivity index (χ1n) is 10.1. The van der Waals surface area contributed by atoms with Gasteiger partial charge in [-0.2, -0.15) is 0 Å². The van der Waals surface area contributed by atoms with E-state index < -0.39 is 0 Å². The number of benzene rings is 3. The number of carbonyl (C=O) groups excluding carboxylic acids is 2. The van der Waals surface area contributed by atoms with Crippen molar-refractivity contribution in [3.05, 3.63) is 90.2 Å². The molecular formula is C25H23FN2O2. The third kappa shape index (κ3) is 4.57. The Morgan fingerprint density at radius 1 is 0.833 bits per heavy atom. The lowest BCUT2D eigenvalue weighted by atomic mass is 9.95. The Labute approximate surface area is 175 Å². The minimum atomic E-state index is -0.383. The van der Waals surface area contributed by atoms with E-state index in [1.165, 1.54) is 12.1 Å². The largest absolute Gasteiger partial charge is 0.339 e. The van der Waals surface area contributed by atoms with E-state index in [1.54, 1.807) is 17.0 Å². The molecule has 3 aromatic rings. The molecular weight excluding hydrogens is 379 g/mol. The van der Waals surface area contributed by atoms with Gasteiger partial charge in [0.05, 0.1) is 0 Å². The third-order valence-electron chi connectivity index (χ3n) is 5.48. The van der Waals surface area contributed by atoms with Gasteiger partial charge in [0.2, 0.25) is 5.91 Å². The highest BCUT2D eigenvalue weighted by Crippen LogP contribution is 2.23. The fraction of sp³-hybridized carbons (Fsp3) is 0.200. The van der Waals surface area contributed by atoms with E-state index in [0.717, 1.165) is 11.1 Å². The summed E-state index contributed by atoms with van der Waals surface area (Å²) in [7, 11) is 0. The molecule has 0 spiro atoms. The number of nitrogens with zero attached hydrogens (tertiary/aromatic N) is 1. The van der Waals surface area contributed by atoms with Crippen molar-refractivity contribution < 1.29 is 14.0 Å². The van der Waals surface area contributed by atoms with Crippen LogP contribution in [0.5, 0.6) is 0 Å². The second-order valence-corrected chi connectivity index (χ2v) is 7.51. The molecule has 2 amide bonds. The number of halogens is 1. The molecule has 4 nitrogen and oxygen atoms in total. The van der Waals surface area contributed by atoms with E-state index in [-0.39, 0.29) is 23.5 Å². The van der Waals surface area contributed by atoms with Gasteiger partial charge in [0.15, 0.2) is 0 Å². The van der Waals surface area contributed by atoms with Crippen molar-refractivity contribution in [3.8, 4) is 11.1 Å². The summed E-state index contributed by atoms with van der Waals surface area (Å²) in [5.41, 5.74) is 3.29. The van der Waals surface area contributed by atoms with Gasteiger partial charge in [0.1, 0.15) is 5.82 Å². The van der Waals surface area contributed by atoms with Gasteiger partial charge in [0, 0.05) is 30.3 Å². The second kappa shape index (κ2) is 8.91. The zero-order valence-electron chi connectivity index (χ0n) is 16.6. The van der Waals surface area contributed by atoms with E-state index in [0.29, 0.717) is 37.2 Å². The highest BCUT2D eigenvalue weighted by molar-refractivity contribution is 5.95. The van der Waals surface area contributed by atoms with Gasteiger partial charge in [-0.3, -0.25) is 9.59 Å². The number of nitrogens with one attached hydrogen (secondary N) is 1. The maximum atomic E-state index is 13.3. The van der Waals surface area contributed by atoms with Crippen LogP contribution < -0.4 is 5.32 Å². The average molecular weight is 402 g/mol. The van der Waals surface area contributed by atoms with Gasteiger partial charge in [-0.15, -0.1) is 0 Å². The van der Waals surface area contributed by atoms with Crippen LogP contribution in [0.25, 0.3) is 11.1 Å². The van der Waals surface area contributed by atoms with Crippen LogP contribution in [0.1, 0.15) is 23.2 Å². The fourth-order valence-electron chi connectivity index (χ4n) is 3.77. The molecule has 4 rings (SSSR count). The van der Waals surface area contributed by atoms with Crippen LogP contribution in [0, 0.1) is 11.7 Å². The van der Waals surface area contributed by atoms with Crippen LogP contribution in [0.2, 0.25) is 0 Å². The Kier molecular flexibility index (Phi) is 5.89. The quantitative estimate of drug-likeness (QED) is 0.669. The Hall–Kier alpha value is -3.47. The predicted octanol–water partition coefficient (Wildman–Crippen LogP) is 4.98. The number of amides is 2. The normalized spacial score (nSPS) is 14.4. The molecule has 0 saturated carbocycles. The van der Waals surface area contributed by atoms with Gasteiger partial charge in [0.25, 0.3) is 5.91 Å². The van der Waals surface area contributed by atoms with Crippen LogP contribution in [-0.4, -0.2) is 29.8 Å². The molecule has 1 aliphatic heterocycles. The van der Waals surface area contributed by atoms with Crippen molar-refractivity contribution in [2.75, 3.05) is 18.4 Å². The SMILES string of the molecule is O=C(Nc1cccc(F)c1)C1CCN(C(=O)c2ccc(-c3ccccc3)cc2)CC1. The molecule has 3 aromatic carbocycles. The third-order valence-corrected chi connectivity index (χ3v) is 5.48. The van der Waals surface area contributed by atoms with Crippen molar-refractivity contribution in [1.29, 1.82) is 0 Å². The molecule has 1 aliphatic rings. The number of carbonyl (C=O) groups is 2. The average Bonchev–Trinajstić information content (AvgIpc) is 2.79. The summed E-state index contributed by atoms with van der Waals surface area (Å²) >= 11 is 0. The van der Waals surface area contributed by atoms with E-state index in [1.807, 2.05) is 54.6 Å². The van der Waals surface area contributed by atoms with Gasteiger partial charge in [-0.25, -0.2) is 4.39 Å². The van der Waals surface area contributed by atoms with E-state index in [2.05, 4.69) is 5.32 Å². The molecule has 0 aliphatic carbocycles. The molecule has 0 atom stereocenters. The zero-order valence-corrected chi connectivity index (χ0v) is 16.6. The second-order valence-electron chi connectivity index (χ2n) is 7.51. The maximum Gasteiger partial charge on any atom is 0.253 e. The standard InChI is InChI=1S/C25H23FN2O2/c26-22-7-4-8-23(17-22)27-24(29)20-13-15-28(16-14-20)25(30)21-11-9-19(10-12-21)18-5-2-1-3-6-18/h1-12,17,20H,13-16H2,(H,27,29). The molecule has 30 heavy (non-hydrogen) atoms. The van der Waals surface area contributed by atoms with Gasteiger partial charge in [-0.1, -0.05) is 48.5 Å². The van der Waals surface area contributed by atoms with Gasteiger partial charge >= 0.3 is 0 Å². The monoisotopic (exact) mass is 402 g/mol. The lowest BCUT2D eigenvalue weighted by molar-refractivity contribution is -0.121. The molecule has 1 fully saturated rings. The van der Waals surface area contributed by atoms with E-state index in [9.17, 15) is 14.0 Å². The first-order chi connectivity index (χ1) is 14.6. The Balaban J connectivity index is 1.33. The van der Waals surface area contributed by atoms with Crippen molar-refractivity contribution in [1.82, 2.24) is 4.90 Å². The van der Waals surface area contributed by atoms with Crippen molar-refractivity contribution in [3.63, 3.8) is 0 Å². The lowest BCUT2D eigenvalue weighted by Crippen LogP contribution is -2.41. The smallest absolute Gasteiger partial charge is 0.253 e. The summed E-state index contributed by atoms with van der Waals surface area (Å²) in [6.45, 7) is 1.06. The van der Waals surface area contributed by atoms with Crippen LogP contribution in [0.3, 0.4) is 0 Å². The Bertz CT molecular complexity index is 1030. The minimum absolute atomic E-state index is 0.0152. The molecule has 1 N–H and O–H groups in total. The number of hydrogen-bond donors (Lipinski definition) is 1. The predicted molar refractivity (Wildman–Crippen MR) is 116 cm³/mol. The summed E-state index contributed by atoms with van der Waals surface area (Å²) in [4.78, 5) is 27.1. The summed E-state index contributed by atoms with van der Waals surface area (Å²) in [6, 6.07) is 23.5. The summed E-state index contributed by atoms with van der Waals surface area (Å²) in [5.74, 6) is -0.706. The Morgan fingerprint density at radius 3 is 2.17 bits per heavy atom. The van der Waals surface area contributed by atoms with E-state index >= 15 is 0 Å². The zero-order chi connectivity index (χ0) is 20.9. The van der Waals surface area contributed by atoms with Gasteiger partial charge in [-0.05, 0) is 54.3 Å².